The molecule has 31 heavy (non-hydrogen) atoms. The molecule has 4 aromatic rings. The molecule has 0 saturated carbocycles. The van der Waals surface area contributed by atoms with Crippen molar-refractivity contribution in [3.8, 4) is 23.0 Å². The van der Waals surface area contributed by atoms with Gasteiger partial charge < -0.3 is 18.8 Å². The number of hydrogen-bond donors (Lipinski definition) is 0. The van der Waals surface area contributed by atoms with Crippen LogP contribution in [-0.4, -0.2) is 7.69 Å². The molecule has 0 radical (unpaired) electrons. The average molecular weight is 410 g/mol. The van der Waals surface area contributed by atoms with Crippen LogP contribution in [0.4, 0.5) is 0 Å². The molecule has 0 atom stereocenters. The molecule has 0 heterocycles. The molecule has 0 bridgehead atoms. The first-order chi connectivity index (χ1) is 15.3. The monoisotopic (exact) mass is 410 g/mol. The van der Waals surface area contributed by atoms with E-state index in [9.17, 15) is 0 Å². The molecule has 0 aliphatic rings. The Hall–Kier alpha value is -3.86. The Morgan fingerprint density at radius 1 is 0.419 bits per heavy atom. The maximum absolute atomic E-state index is 5.78. The maximum atomic E-state index is 5.78. The molecule has 0 aliphatic carbocycles. The van der Waals surface area contributed by atoms with Crippen molar-refractivity contribution >= 4 is 7.69 Å². The van der Waals surface area contributed by atoms with Crippen molar-refractivity contribution < 1.29 is 18.8 Å². The van der Waals surface area contributed by atoms with Crippen LogP contribution in [0.1, 0.15) is 11.1 Å². The van der Waals surface area contributed by atoms with E-state index in [4.69, 9.17) is 18.8 Å². The van der Waals surface area contributed by atoms with E-state index < -0.39 is 0 Å². The second-order valence-electron chi connectivity index (χ2n) is 6.90. The van der Waals surface area contributed by atoms with Crippen LogP contribution in [0.2, 0.25) is 0 Å². The van der Waals surface area contributed by atoms with E-state index in [0.29, 0.717) is 13.2 Å². The van der Waals surface area contributed by atoms with Gasteiger partial charge in [-0.2, -0.15) is 0 Å². The van der Waals surface area contributed by atoms with Crippen LogP contribution < -0.4 is 18.8 Å². The third-order valence-corrected chi connectivity index (χ3v) is 4.60. The molecule has 0 N–H and O–H groups in total. The van der Waals surface area contributed by atoms with Crippen molar-refractivity contribution in [3.63, 3.8) is 0 Å². The molecule has 4 nitrogen and oxygen atoms in total. The molecule has 4 rings (SSSR count). The number of benzene rings is 4. The Kier molecular flexibility index (Phi) is 7.11. The molecule has 0 amide bonds. The van der Waals surface area contributed by atoms with Gasteiger partial charge in [-0.05, 0) is 59.7 Å². The smallest absolute Gasteiger partial charge is 0.529 e. The molecule has 5 heteroatoms. The summed E-state index contributed by atoms with van der Waals surface area (Å²) >= 11 is 0. The molecule has 154 valence electrons. The Bertz CT molecular complexity index is 949. The first-order valence-electron chi connectivity index (χ1n) is 10.1. The lowest BCUT2D eigenvalue weighted by Gasteiger charge is -2.10. The molecule has 0 spiro atoms. The van der Waals surface area contributed by atoms with E-state index >= 15 is 0 Å². The third kappa shape index (κ3) is 6.58. The zero-order valence-electron chi connectivity index (χ0n) is 17.1. The van der Waals surface area contributed by atoms with Gasteiger partial charge in [-0.15, -0.1) is 0 Å². The number of hydrogen-bond acceptors (Lipinski definition) is 4. The van der Waals surface area contributed by atoms with Gasteiger partial charge in [0, 0.05) is 0 Å². The lowest BCUT2D eigenvalue weighted by atomic mass is 10.2. The molecule has 0 aliphatic heterocycles. The average Bonchev–Trinajstić information content (AvgIpc) is 2.84. The highest BCUT2D eigenvalue weighted by Crippen LogP contribution is 2.20. The van der Waals surface area contributed by atoms with Crippen molar-refractivity contribution in [2.24, 2.45) is 0 Å². The SMILES string of the molecule is B(Oc1ccc(OCc2ccccc2)cc1)Oc1ccc(OCc2ccccc2)cc1. The summed E-state index contributed by atoms with van der Waals surface area (Å²) in [7, 11) is 0.119. The third-order valence-electron chi connectivity index (χ3n) is 4.60. The number of rotatable bonds is 10. The van der Waals surface area contributed by atoms with Crippen molar-refractivity contribution in [1.82, 2.24) is 0 Å². The van der Waals surface area contributed by atoms with Gasteiger partial charge in [0.2, 0.25) is 0 Å². The maximum Gasteiger partial charge on any atom is 0.576 e. The summed E-state index contributed by atoms with van der Waals surface area (Å²) < 4.78 is 22.9. The summed E-state index contributed by atoms with van der Waals surface area (Å²) in [6.45, 7) is 1.07. The summed E-state index contributed by atoms with van der Waals surface area (Å²) in [6.07, 6.45) is 0. The van der Waals surface area contributed by atoms with E-state index in [2.05, 4.69) is 0 Å². The van der Waals surface area contributed by atoms with Crippen molar-refractivity contribution in [1.29, 1.82) is 0 Å². The predicted molar refractivity (Wildman–Crippen MR) is 123 cm³/mol. The summed E-state index contributed by atoms with van der Waals surface area (Å²) in [6, 6.07) is 35.1. The van der Waals surface area contributed by atoms with Crippen LogP contribution in [0.3, 0.4) is 0 Å². The Balaban J connectivity index is 1.18. The van der Waals surface area contributed by atoms with Crippen LogP contribution in [0.15, 0.2) is 109 Å². The quantitative estimate of drug-likeness (QED) is 0.321. The minimum Gasteiger partial charge on any atom is -0.529 e. The lowest BCUT2D eigenvalue weighted by Crippen LogP contribution is -2.10. The molecule has 0 unspecified atom stereocenters. The van der Waals surface area contributed by atoms with Gasteiger partial charge >= 0.3 is 7.69 Å². The molecule has 0 saturated heterocycles. The van der Waals surface area contributed by atoms with E-state index in [1.807, 2.05) is 109 Å². The van der Waals surface area contributed by atoms with Crippen LogP contribution in [0.5, 0.6) is 23.0 Å². The van der Waals surface area contributed by atoms with Crippen molar-refractivity contribution in [2.75, 3.05) is 0 Å². The van der Waals surface area contributed by atoms with E-state index in [1.165, 1.54) is 0 Å². The highest BCUT2D eigenvalue weighted by atomic mass is 16.6. The van der Waals surface area contributed by atoms with Gasteiger partial charge in [0.25, 0.3) is 0 Å². The summed E-state index contributed by atoms with van der Waals surface area (Å²) in [5, 5.41) is 0. The normalized spacial score (nSPS) is 10.2. The fourth-order valence-electron chi connectivity index (χ4n) is 2.91. The fourth-order valence-corrected chi connectivity index (χ4v) is 2.91. The second kappa shape index (κ2) is 10.8. The highest BCUT2D eigenvalue weighted by Gasteiger charge is 2.02. The summed E-state index contributed by atoms with van der Waals surface area (Å²) in [5.74, 6) is 3.02. The first-order valence-corrected chi connectivity index (χ1v) is 10.1. The van der Waals surface area contributed by atoms with Crippen molar-refractivity contribution in [3.05, 3.63) is 120 Å². The van der Waals surface area contributed by atoms with Gasteiger partial charge in [-0.1, -0.05) is 60.7 Å². The lowest BCUT2D eigenvalue weighted by molar-refractivity contribution is 0.305. The predicted octanol–water partition coefficient (Wildman–Crippen LogP) is 5.57. The van der Waals surface area contributed by atoms with Gasteiger partial charge in [0.1, 0.15) is 36.2 Å². The molecule has 0 aromatic heterocycles. The second-order valence-corrected chi connectivity index (χ2v) is 6.90. The Morgan fingerprint density at radius 3 is 1.16 bits per heavy atom. The molecular weight excluding hydrogens is 387 g/mol. The van der Waals surface area contributed by atoms with Gasteiger partial charge in [-0.25, -0.2) is 0 Å². The zero-order valence-corrected chi connectivity index (χ0v) is 17.1. The van der Waals surface area contributed by atoms with Crippen LogP contribution in [0, 0.1) is 0 Å². The summed E-state index contributed by atoms with van der Waals surface area (Å²) in [4.78, 5) is 0. The molecule has 0 fully saturated rings. The minimum absolute atomic E-state index is 0.119. The fraction of sp³-hybridized carbons (Fsp3) is 0.0769. The van der Waals surface area contributed by atoms with E-state index in [0.717, 1.165) is 34.1 Å². The van der Waals surface area contributed by atoms with Crippen LogP contribution >= 0.6 is 0 Å². The van der Waals surface area contributed by atoms with Gasteiger partial charge in [0.05, 0.1) is 0 Å². The molecule has 4 aromatic carbocycles. The minimum atomic E-state index is 0.119. The highest BCUT2D eigenvalue weighted by molar-refractivity contribution is 6.20. The largest absolute Gasteiger partial charge is 0.576 e. The topological polar surface area (TPSA) is 36.9 Å². The zero-order chi connectivity index (χ0) is 21.1. The molecular formula is C26H23BO4. The van der Waals surface area contributed by atoms with Crippen LogP contribution in [0.25, 0.3) is 0 Å². The van der Waals surface area contributed by atoms with E-state index in [1.54, 1.807) is 0 Å². The number of ether oxygens (including phenoxy) is 2. The Morgan fingerprint density at radius 2 is 0.774 bits per heavy atom. The standard InChI is InChI=1S/C26H23BO4/c1-3-7-21(8-4-1)19-28-23-11-15-25(16-12-23)30-27-31-26-17-13-24(14-18-26)29-20-22-9-5-2-6-10-22/h1-18,27H,19-20H2. The summed E-state index contributed by atoms with van der Waals surface area (Å²) in [5.41, 5.74) is 2.26. The van der Waals surface area contributed by atoms with E-state index in [-0.39, 0.29) is 7.69 Å². The first kappa shape index (κ1) is 20.4. The van der Waals surface area contributed by atoms with Gasteiger partial charge in [-0.3, -0.25) is 0 Å². The van der Waals surface area contributed by atoms with Gasteiger partial charge in [0.15, 0.2) is 0 Å². The Labute approximate surface area is 183 Å². The van der Waals surface area contributed by atoms with Crippen LogP contribution in [-0.2, 0) is 13.2 Å². The van der Waals surface area contributed by atoms with Crippen molar-refractivity contribution in [2.45, 2.75) is 13.2 Å².